The molecule has 0 saturated heterocycles. The molecule has 19 heavy (non-hydrogen) atoms. The quantitative estimate of drug-likeness (QED) is 0.897. The summed E-state index contributed by atoms with van der Waals surface area (Å²) < 4.78 is 0. The zero-order valence-corrected chi connectivity index (χ0v) is 11.4. The van der Waals surface area contributed by atoms with Crippen molar-refractivity contribution >= 4 is 0 Å². The highest BCUT2D eigenvalue weighted by atomic mass is 14.9. The molecule has 0 aliphatic carbocycles. The Bertz CT molecular complexity index is 577. The van der Waals surface area contributed by atoms with E-state index in [1.807, 2.05) is 24.3 Å². The van der Waals surface area contributed by atoms with Gasteiger partial charge in [0.15, 0.2) is 0 Å². The molecule has 0 atom stereocenters. The van der Waals surface area contributed by atoms with Gasteiger partial charge in [-0.25, -0.2) is 0 Å². The Morgan fingerprint density at radius 1 is 1.05 bits per heavy atom. The van der Waals surface area contributed by atoms with Crippen molar-refractivity contribution < 1.29 is 0 Å². The molecule has 0 aromatic heterocycles. The molecule has 0 fully saturated rings. The van der Waals surface area contributed by atoms with Gasteiger partial charge in [0.25, 0.3) is 0 Å². The van der Waals surface area contributed by atoms with E-state index in [-0.39, 0.29) is 0 Å². The number of hydrogen-bond donors (Lipinski definition) is 1. The van der Waals surface area contributed by atoms with Crippen LogP contribution in [0.25, 0.3) is 11.1 Å². The number of rotatable bonds is 4. The molecule has 0 heterocycles. The summed E-state index contributed by atoms with van der Waals surface area (Å²) >= 11 is 0. The topological polar surface area (TPSA) is 35.8 Å². The van der Waals surface area contributed by atoms with E-state index >= 15 is 0 Å². The van der Waals surface area contributed by atoms with E-state index < -0.39 is 0 Å². The summed E-state index contributed by atoms with van der Waals surface area (Å²) in [7, 11) is 0. The van der Waals surface area contributed by atoms with Crippen molar-refractivity contribution in [2.75, 3.05) is 0 Å². The van der Waals surface area contributed by atoms with Crippen LogP contribution >= 0.6 is 0 Å². The molecule has 0 bridgehead atoms. The molecule has 96 valence electrons. The van der Waals surface area contributed by atoms with Crippen LogP contribution < -0.4 is 5.32 Å². The second-order valence-corrected chi connectivity index (χ2v) is 4.93. The molecule has 0 amide bonds. The molecule has 0 saturated carbocycles. The van der Waals surface area contributed by atoms with Crippen LogP contribution in [0.15, 0.2) is 48.5 Å². The van der Waals surface area contributed by atoms with Crippen molar-refractivity contribution in [2.24, 2.45) is 0 Å². The first kappa shape index (κ1) is 13.3. The van der Waals surface area contributed by atoms with Gasteiger partial charge in [0.2, 0.25) is 0 Å². The fraction of sp³-hybridized carbons (Fsp3) is 0.235. The van der Waals surface area contributed by atoms with Crippen LogP contribution in [0.2, 0.25) is 0 Å². The Kier molecular flexibility index (Phi) is 4.33. The van der Waals surface area contributed by atoms with Crippen molar-refractivity contribution in [1.29, 1.82) is 5.26 Å². The monoisotopic (exact) mass is 250 g/mol. The molecule has 2 nitrogen and oxygen atoms in total. The maximum absolute atomic E-state index is 8.92. The summed E-state index contributed by atoms with van der Waals surface area (Å²) in [5.74, 6) is 0. The van der Waals surface area contributed by atoms with Gasteiger partial charge in [-0.15, -0.1) is 0 Å². The number of nitrogens with zero attached hydrogens (tertiary/aromatic N) is 1. The fourth-order valence-corrected chi connectivity index (χ4v) is 1.91. The maximum atomic E-state index is 8.92. The molecule has 0 spiro atoms. The van der Waals surface area contributed by atoms with Gasteiger partial charge in [-0.1, -0.05) is 50.2 Å². The van der Waals surface area contributed by atoms with Crippen molar-refractivity contribution in [2.45, 2.75) is 26.4 Å². The largest absolute Gasteiger partial charge is 0.310 e. The predicted octanol–water partition coefficient (Wildman–Crippen LogP) is 3.72. The highest BCUT2D eigenvalue weighted by molar-refractivity contribution is 5.65. The summed E-state index contributed by atoms with van der Waals surface area (Å²) in [5, 5.41) is 12.3. The molecular weight excluding hydrogens is 232 g/mol. The van der Waals surface area contributed by atoms with Gasteiger partial charge in [-0.05, 0) is 28.8 Å². The van der Waals surface area contributed by atoms with Gasteiger partial charge in [-0.3, -0.25) is 0 Å². The van der Waals surface area contributed by atoms with Crippen LogP contribution in [0.1, 0.15) is 25.0 Å². The lowest BCUT2D eigenvalue weighted by Crippen LogP contribution is -2.21. The average molecular weight is 250 g/mol. The third-order valence-corrected chi connectivity index (χ3v) is 2.99. The fourth-order valence-electron chi connectivity index (χ4n) is 1.91. The third-order valence-electron chi connectivity index (χ3n) is 2.99. The molecule has 0 aliphatic heterocycles. The molecule has 1 N–H and O–H groups in total. The highest BCUT2D eigenvalue weighted by Crippen LogP contribution is 2.20. The summed E-state index contributed by atoms with van der Waals surface area (Å²) in [4.78, 5) is 0. The number of nitriles is 1. The van der Waals surface area contributed by atoms with Gasteiger partial charge in [0.1, 0.15) is 0 Å². The van der Waals surface area contributed by atoms with Crippen molar-refractivity contribution in [3.05, 3.63) is 59.7 Å². The Hall–Kier alpha value is -2.11. The van der Waals surface area contributed by atoms with E-state index in [0.29, 0.717) is 11.6 Å². The first-order chi connectivity index (χ1) is 9.19. The predicted molar refractivity (Wildman–Crippen MR) is 78.6 cm³/mol. The van der Waals surface area contributed by atoms with E-state index in [0.717, 1.165) is 17.7 Å². The SMILES string of the molecule is CC(C)NCc1ccc(-c2cccc(C#N)c2)cc1. The molecule has 2 aromatic rings. The minimum Gasteiger partial charge on any atom is -0.310 e. The normalized spacial score (nSPS) is 10.4. The average Bonchev–Trinajstić information content (AvgIpc) is 2.45. The van der Waals surface area contributed by atoms with Crippen molar-refractivity contribution in [3.63, 3.8) is 0 Å². The number of hydrogen-bond acceptors (Lipinski definition) is 2. The van der Waals surface area contributed by atoms with Crippen LogP contribution in [0.5, 0.6) is 0 Å². The minimum atomic E-state index is 0.493. The van der Waals surface area contributed by atoms with E-state index in [2.05, 4.69) is 49.5 Å². The Morgan fingerprint density at radius 3 is 2.42 bits per heavy atom. The van der Waals surface area contributed by atoms with Gasteiger partial charge in [0.05, 0.1) is 11.6 Å². The molecule has 0 radical (unpaired) electrons. The van der Waals surface area contributed by atoms with E-state index in [4.69, 9.17) is 5.26 Å². The Labute approximate surface area is 114 Å². The summed E-state index contributed by atoms with van der Waals surface area (Å²) in [6, 6.07) is 18.8. The maximum Gasteiger partial charge on any atom is 0.0991 e. The van der Waals surface area contributed by atoms with Gasteiger partial charge in [0, 0.05) is 12.6 Å². The zero-order valence-electron chi connectivity index (χ0n) is 11.4. The lowest BCUT2D eigenvalue weighted by atomic mass is 10.0. The minimum absolute atomic E-state index is 0.493. The van der Waals surface area contributed by atoms with Crippen LogP contribution in [-0.2, 0) is 6.54 Å². The van der Waals surface area contributed by atoms with Crippen molar-refractivity contribution in [1.82, 2.24) is 5.32 Å². The van der Waals surface area contributed by atoms with Gasteiger partial charge in [-0.2, -0.15) is 5.26 Å². The second kappa shape index (κ2) is 6.17. The molecule has 0 unspecified atom stereocenters. The van der Waals surface area contributed by atoms with E-state index in [9.17, 15) is 0 Å². The third kappa shape index (κ3) is 3.67. The number of benzene rings is 2. The lowest BCUT2D eigenvalue weighted by Gasteiger charge is -2.09. The number of nitrogens with one attached hydrogen (secondary N) is 1. The Balaban J connectivity index is 2.15. The summed E-state index contributed by atoms with van der Waals surface area (Å²) in [5.41, 5.74) is 4.20. The zero-order chi connectivity index (χ0) is 13.7. The lowest BCUT2D eigenvalue weighted by molar-refractivity contribution is 0.589. The first-order valence-electron chi connectivity index (χ1n) is 6.52. The molecule has 2 heteroatoms. The van der Waals surface area contributed by atoms with Crippen LogP contribution in [0, 0.1) is 11.3 Å². The summed E-state index contributed by atoms with van der Waals surface area (Å²) in [6.07, 6.45) is 0. The smallest absolute Gasteiger partial charge is 0.0991 e. The van der Waals surface area contributed by atoms with Gasteiger partial charge >= 0.3 is 0 Å². The molecular formula is C17H18N2. The molecule has 2 aromatic carbocycles. The van der Waals surface area contributed by atoms with Crippen LogP contribution in [-0.4, -0.2) is 6.04 Å². The first-order valence-corrected chi connectivity index (χ1v) is 6.52. The molecule has 2 rings (SSSR count). The molecule has 0 aliphatic rings. The van der Waals surface area contributed by atoms with Crippen LogP contribution in [0.3, 0.4) is 0 Å². The van der Waals surface area contributed by atoms with Crippen LogP contribution in [0.4, 0.5) is 0 Å². The second-order valence-electron chi connectivity index (χ2n) is 4.93. The van der Waals surface area contributed by atoms with Crippen molar-refractivity contribution in [3.8, 4) is 17.2 Å². The van der Waals surface area contributed by atoms with E-state index in [1.165, 1.54) is 5.56 Å². The Morgan fingerprint density at radius 2 is 1.79 bits per heavy atom. The standard InChI is InChI=1S/C17H18N2/c1-13(2)19-12-14-6-8-16(9-7-14)17-5-3-4-15(10-17)11-18/h3-10,13,19H,12H2,1-2H3. The van der Waals surface area contributed by atoms with E-state index in [1.54, 1.807) is 0 Å². The summed E-state index contributed by atoms with van der Waals surface area (Å²) in [6.45, 7) is 5.17. The van der Waals surface area contributed by atoms with Gasteiger partial charge < -0.3 is 5.32 Å². The highest BCUT2D eigenvalue weighted by Gasteiger charge is 2.00.